The summed E-state index contributed by atoms with van der Waals surface area (Å²) >= 11 is 3.03. The number of benzene rings is 1. The molecule has 0 aliphatic rings. The number of halogens is 2. The SMILES string of the molecule is CC(=O)c1cc(C=O)c(F)cc1Br. The molecule has 0 atom stereocenters. The van der Waals surface area contributed by atoms with Crippen LogP contribution in [0.5, 0.6) is 0 Å². The smallest absolute Gasteiger partial charge is 0.160 e. The molecule has 68 valence electrons. The minimum atomic E-state index is -0.633. The van der Waals surface area contributed by atoms with Crippen LogP contribution in [0, 0.1) is 5.82 Å². The minimum Gasteiger partial charge on any atom is -0.298 e. The van der Waals surface area contributed by atoms with Gasteiger partial charge in [-0.05, 0) is 35.0 Å². The molecule has 0 unspecified atom stereocenters. The van der Waals surface area contributed by atoms with E-state index in [0.717, 1.165) is 6.07 Å². The van der Waals surface area contributed by atoms with Crippen LogP contribution in [0.25, 0.3) is 0 Å². The van der Waals surface area contributed by atoms with Crippen molar-refractivity contribution in [1.82, 2.24) is 0 Å². The second-order valence-electron chi connectivity index (χ2n) is 2.53. The molecule has 2 nitrogen and oxygen atoms in total. The third-order valence-corrected chi connectivity index (χ3v) is 2.25. The van der Waals surface area contributed by atoms with Gasteiger partial charge in [0.15, 0.2) is 12.1 Å². The van der Waals surface area contributed by atoms with Crippen molar-refractivity contribution in [3.05, 3.63) is 33.5 Å². The molecule has 1 aromatic rings. The first kappa shape index (κ1) is 10.1. The Morgan fingerprint density at radius 3 is 2.62 bits per heavy atom. The Kier molecular flexibility index (Phi) is 2.93. The molecule has 0 radical (unpaired) electrons. The van der Waals surface area contributed by atoms with Gasteiger partial charge >= 0.3 is 0 Å². The van der Waals surface area contributed by atoms with Crippen molar-refractivity contribution in [2.24, 2.45) is 0 Å². The normalized spacial score (nSPS) is 9.77. The standard InChI is InChI=1S/C9H6BrFO2/c1-5(13)7-2-6(4-12)9(11)3-8(7)10/h2-4H,1H3. The van der Waals surface area contributed by atoms with Crippen LogP contribution >= 0.6 is 15.9 Å². The molecule has 1 aromatic carbocycles. The number of ketones is 1. The van der Waals surface area contributed by atoms with Gasteiger partial charge in [-0.1, -0.05) is 0 Å². The fourth-order valence-electron chi connectivity index (χ4n) is 0.926. The maximum Gasteiger partial charge on any atom is 0.160 e. The van der Waals surface area contributed by atoms with E-state index in [0.29, 0.717) is 16.3 Å². The Morgan fingerprint density at radius 1 is 1.54 bits per heavy atom. The van der Waals surface area contributed by atoms with Gasteiger partial charge in [0, 0.05) is 10.0 Å². The lowest BCUT2D eigenvalue weighted by molar-refractivity contribution is 0.101. The van der Waals surface area contributed by atoms with E-state index in [2.05, 4.69) is 15.9 Å². The van der Waals surface area contributed by atoms with Gasteiger partial charge in [-0.2, -0.15) is 0 Å². The van der Waals surface area contributed by atoms with Crippen LogP contribution in [0.1, 0.15) is 27.6 Å². The molecule has 0 heterocycles. The number of aldehydes is 1. The maximum absolute atomic E-state index is 12.9. The first-order valence-electron chi connectivity index (χ1n) is 3.51. The summed E-state index contributed by atoms with van der Waals surface area (Å²) in [4.78, 5) is 21.3. The summed E-state index contributed by atoms with van der Waals surface area (Å²) in [5.41, 5.74) is 0.205. The van der Waals surface area contributed by atoms with E-state index in [-0.39, 0.29) is 11.3 Å². The van der Waals surface area contributed by atoms with E-state index in [9.17, 15) is 14.0 Å². The monoisotopic (exact) mass is 244 g/mol. The van der Waals surface area contributed by atoms with Crippen LogP contribution in [0.15, 0.2) is 16.6 Å². The molecule has 0 amide bonds. The fourth-order valence-corrected chi connectivity index (χ4v) is 1.52. The van der Waals surface area contributed by atoms with Crippen molar-refractivity contribution in [3.8, 4) is 0 Å². The van der Waals surface area contributed by atoms with Gasteiger partial charge in [0.05, 0.1) is 5.56 Å². The Bertz CT molecular complexity index is 374. The highest BCUT2D eigenvalue weighted by atomic mass is 79.9. The van der Waals surface area contributed by atoms with E-state index >= 15 is 0 Å². The average Bonchev–Trinajstić information content (AvgIpc) is 2.03. The quantitative estimate of drug-likeness (QED) is 0.592. The highest BCUT2D eigenvalue weighted by Gasteiger charge is 2.10. The van der Waals surface area contributed by atoms with E-state index in [4.69, 9.17) is 0 Å². The van der Waals surface area contributed by atoms with Gasteiger partial charge in [-0.25, -0.2) is 4.39 Å². The summed E-state index contributed by atoms with van der Waals surface area (Å²) in [6.45, 7) is 1.35. The van der Waals surface area contributed by atoms with Crippen molar-refractivity contribution in [1.29, 1.82) is 0 Å². The van der Waals surface area contributed by atoms with Gasteiger partial charge in [0.25, 0.3) is 0 Å². The lowest BCUT2D eigenvalue weighted by Gasteiger charge is -2.01. The second-order valence-corrected chi connectivity index (χ2v) is 3.38. The second kappa shape index (κ2) is 3.79. The van der Waals surface area contributed by atoms with Crippen LogP contribution in [0.4, 0.5) is 4.39 Å². The van der Waals surface area contributed by atoms with Crippen molar-refractivity contribution < 1.29 is 14.0 Å². The number of carbonyl (C=O) groups is 2. The molecule has 1 rings (SSSR count). The molecule has 0 bridgehead atoms. The third kappa shape index (κ3) is 2.01. The zero-order valence-electron chi connectivity index (χ0n) is 6.80. The Morgan fingerprint density at radius 2 is 2.15 bits per heavy atom. The molecule has 0 aliphatic carbocycles. The lowest BCUT2D eigenvalue weighted by atomic mass is 10.1. The lowest BCUT2D eigenvalue weighted by Crippen LogP contribution is -1.98. The van der Waals surface area contributed by atoms with Gasteiger partial charge in [0.2, 0.25) is 0 Å². The predicted molar refractivity (Wildman–Crippen MR) is 49.5 cm³/mol. The van der Waals surface area contributed by atoms with Crippen molar-refractivity contribution in [2.75, 3.05) is 0 Å². The molecule has 0 N–H and O–H groups in total. The van der Waals surface area contributed by atoms with Crippen LogP contribution in [0.2, 0.25) is 0 Å². The van der Waals surface area contributed by atoms with E-state index in [1.165, 1.54) is 13.0 Å². The average molecular weight is 245 g/mol. The summed E-state index contributed by atoms with van der Waals surface area (Å²) in [5.74, 6) is -0.846. The Labute approximate surface area is 82.9 Å². The first-order valence-corrected chi connectivity index (χ1v) is 4.30. The van der Waals surface area contributed by atoms with Crippen LogP contribution in [-0.2, 0) is 0 Å². The molecular weight excluding hydrogens is 239 g/mol. The Hall–Kier alpha value is -1.03. The van der Waals surface area contributed by atoms with Crippen LogP contribution in [-0.4, -0.2) is 12.1 Å². The molecule has 0 saturated carbocycles. The summed E-state index contributed by atoms with van der Waals surface area (Å²) in [5, 5.41) is 0. The summed E-state index contributed by atoms with van der Waals surface area (Å²) in [6.07, 6.45) is 0.383. The zero-order valence-corrected chi connectivity index (χ0v) is 8.39. The van der Waals surface area contributed by atoms with Gasteiger partial charge in [-0.15, -0.1) is 0 Å². The number of rotatable bonds is 2. The summed E-state index contributed by atoms with van der Waals surface area (Å²) < 4.78 is 13.3. The van der Waals surface area contributed by atoms with Crippen molar-refractivity contribution >= 4 is 28.0 Å². The highest BCUT2D eigenvalue weighted by molar-refractivity contribution is 9.10. The topological polar surface area (TPSA) is 34.1 Å². The van der Waals surface area contributed by atoms with E-state index < -0.39 is 5.82 Å². The zero-order chi connectivity index (χ0) is 10.0. The molecule has 0 aromatic heterocycles. The summed E-state index contributed by atoms with van der Waals surface area (Å²) in [6, 6.07) is 2.34. The molecule has 0 fully saturated rings. The number of hydrogen-bond acceptors (Lipinski definition) is 2. The molecule has 13 heavy (non-hydrogen) atoms. The maximum atomic E-state index is 12.9. The van der Waals surface area contributed by atoms with Crippen molar-refractivity contribution in [2.45, 2.75) is 6.92 Å². The molecular formula is C9H6BrFO2. The number of hydrogen-bond donors (Lipinski definition) is 0. The summed E-state index contributed by atoms with van der Waals surface area (Å²) in [7, 11) is 0. The molecule has 0 spiro atoms. The fraction of sp³-hybridized carbons (Fsp3) is 0.111. The van der Waals surface area contributed by atoms with E-state index in [1.54, 1.807) is 0 Å². The molecule has 0 aliphatic heterocycles. The van der Waals surface area contributed by atoms with Gasteiger partial charge in [0.1, 0.15) is 5.82 Å². The van der Waals surface area contributed by atoms with Crippen molar-refractivity contribution in [3.63, 3.8) is 0 Å². The van der Waals surface area contributed by atoms with Crippen LogP contribution < -0.4 is 0 Å². The van der Waals surface area contributed by atoms with Gasteiger partial charge < -0.3 is 0 Å². The van der Waals surface area contributed by atoms with Gasteiger partial charge in [-0.3, -0.25) is 9.59 Å². The molecule has 4 heteroatoms. The number of Topliss-reactive ketones (excluding diaryl/α,β-unsaturated/α-hetero) is 1. The number of carbonyl (C=O) groups excluding carboxylic acids is 2. The largest absolute Gasteiger partial charge is 0.298 e. The highest BCUT2D eigenvalue weighted by Crippen LogP contribution is 2.20. The van der Waals surface area contributed by atoms with Crippen LogP contribution in [0.3, 0.4) is 0 Å². The molecule has 0 saturated heterocycles. The minimum absolute atomic E-state index is 0.103. The third-order valence-electron chi connectivity index (χ3n) is 1.59. The predicted octanol–water partition coefficient (Wildman–Crippen LogP) is 2.60. The Balaban J connectivity index is 3.38. The van der Waals surface area contributed by atoms with E-state index in [1.807, 2.05) is 0 Å². The first-order chi connectivity index (χ1) is 6.06.